The molecular weight excluding hydrogens is 512 g/mol. The van der Waals surface area contributed by atoms with Gasteiger partial charge in [0.05, 0.1) is 24.5 Å². The Morgan fingerprint density at radius 3 is 2.78 bits per heavy atom. The van der Waals surface area contributed by atoms with Crippen molar-refractivity contribution in [3.8, 4) is 5.75 Å². The number of amides is 2. The highest BCUT2D eigenvalue weighted by atomic mass is 32.2. The summed E-state index contributed by atoms with van der Waals surface area (Å²) in [7, 11) is 1.60. The van der Waals surface area contributed by atoms with E-state index in [2.05, 4.69) is 15.6 Å². The maximum absolute atomic E-state index is 13.1. The lowest BCUT2D eigenvalue weighted by atomic mass is 10.2. The minimum absolute atomic E-state index is 0.0470. The van der Waals surface area contributed by atoms with Crippen LogP contribution in [0.3, 0.4) is 0 Å². The normalized spacial score (nSPS) is 15.1. The zero-order valence-corrected chi connectivity index (χ0v) is 22.5. The monoisotopic (exact) mass is 544 g/mol. The molecule has 1 atom stereocenters. The number of aromatic nitrogens is 2. The quantitative estimate of drug-likeness (QED) is 0.190. The number of hydrogen-bond donors (Lipinski definition) is 2. The van der Waals surface area contributed by atoms with E-state index in [9.17, 15) is 14.4 Å². The fourth-order valence-corrected chi connectivity index (χ4v) is 5.71. The van der Waals surface area contributed by atoms with Crippen molar-refractivity contribution in [2.75, 3.05) is 31.3 Å². The van der Waals surface area contributed by atoms with Crippen molar-refractivity contribution in [2.24, 2.45) is 0 Å². The van der Waals surface area contributed by atoms with Gasteiger partial charge in [0.15, 0.2) is 5.16 Å². The summed E-state index contributed by atoms with van der Waals surface area (Å²) >= 11 is 2.65. The molecule has 9 nitrogen and oxygen atoms in total. The van der Waals surface area contributed by atoms with Crippen LogP contribution >= 0.6 is 23.1 Å². The lowest BCUT2D eigenvalue weighted by Crippen LogP contribution is -2.33. The number of hydrogen-bond acceptors (Lipinski definition) is 8. The number of thiophene rings is 1. The fraction of sp³-hybridized carbons (Fsp3) is 0.462. The van der Waals surface area contributed by atoms with Crippen molar-refractivity contribution in [3.63, 3.8) is 0 Å². The van der Waals surface area contributed by atoms with Crippen LogP contribution in [-0.4, -0.2) is 53.5 Å². The van der Waals surface area contributed by atoms with Crippen LogP contribution in [0.5, 0.6) is 5.75 Å². The molecule has 1 unspecified atom stereocenters. The molecule has 0 radical (unpaired) electrons. The molecule has 1 aliphatic rings. The molecule has 0 saturated carbocycles. The van der Waals surface area contributed by atoms with Gasteiger partial charge in [0, 0.05) is 31.8 Å². The van der Waals surface area contributed by atoms with E-state index in [1.807, 2.05) is 11.4 Å². The summed E-state index contributed by atoms with van der Waals surface area (Å²) < 4.78 is 13.0. The molecular formula is C26H32N4O5S2. The molecule has 0 aliphatic carbocycles. The third-order valence-corrected chi connectivity index (χ3v) is 7.94. The first-order chi connectivity index (χ1) is 18.0. The highest BCUT2D eigenvalue weighted by molar-refractivity contribution is 7.99. The largest absolute Gasteiger partial charge is 0.497 e. The van der Waals surface area contributed by atoms with Gasteiger partial charge >= 0.3 is 0 Å². The Bertz CT molecular complexity index is 1250. The van der Waals surface area contributed by atoms with Gasteiger partial charge in [-0.25, -0.2) is 4.98 Å². The number of nitrogens with one attached hydrogen (secondary N) is 2. The van der Waals surface area contributed by atoms with Gasteiger partial charge < -0.3 is 20.1 Å². The number of thioether (sulfide) groups is 1. The molecule has 1 aromatic carbocycles. The lowest BCUT2D eigenvalue weighted by molar-refractivity contribution is -0.119. The molecule has 3 heterocycles. The van der Waals surface area contributed by atoms with Crippen LogP contribution in [-0.2, 0) is 20.9 Å². The Labute approximate surface area is 223 Å². The number of benzene rings is 1. The molecule has 198 valence electrons. The van der Waals surface area contributed by atoms with Crippen molar-refractivity contribution in [3.05, 3.63) is 46.1 Å². The second kappa shape index (κ2) is 13.6. The number of carbonyl (C=O) groups excluding carboxylic acids is 2. The molecule has 1 saturated heterocycles. The van der Waals surface area contributed by atoms with Crippen molar-refractivity contribution in [2.45, 2.75) is 56.3 Å². The molecule has 11 heteroatoms. The number of carbonyl (C=O) groups is 2. The van der Waals surface area contributed by atoms with Crippen molar-refractivity contribution < 1.29 is 19.1 Å². The Kier molecular flexibility index (Phi) is 9.98. The summed E-state index contributed by atoms with van der Waals surface area (Å²) in [5.74, 6) is 0.768. The number of nitrogens with zero attached hydrogens (tertiary/aromatic N) is 2. The standard InChI is InChI=1S/C26H32N4O5S2/c1-34-19-10-8-18(9-11-19)28-22(31)7-3-2-4-13-30-25(33)24-21(12-15-36-24)29-26(30)37-17-23(32)27-16-20-6-5-14-35-20/h8-12,15,20H,2-7,13-14,16-17H2,1H3,(H,27,32)(H,28,31). The number of rotatable bonds is 13. The van der Waals surface area contributed by atoms with Crippen LogP contribution in [0, 0.1) is 0 Å². The summed E-state index contributed by atoms with van der Waals surface area (Å²) in [6, 6.07) is 9.04. The Morgan fingerprint density at radius 1 is 1.19 bits per heavy atom. The second-order valence-electron chi connectivity index (χ2n) is 8.80. The highest BCUT2D eigenvalue weighted by Crippen LogP contribution is 2.22. The van der Waals surface area contributed by atoms with Crippen molar-refractivity contribution in [1.82, 2.24) is 14.9 Å². The van der Waals surface area contributed by atoms with Crippen molar-refractivity contribution >= 4 is 50.8 Å². The zero-order chi connectivity index (χ0) is 26.0. The first-order valence-corrected chi connectivity index (χ1v) is 14.3. The van der Waals surface area contributed by atoms with E-state index in [1.165, 1.54) is 23.1 Å². The van der Waals surface area contributed by atoms with Gasteiger partial charge in [-0.3, -0.25) is 19.0 Å². The van der Waals surface area contributed by atoms with Crippen LogP contribution in [0.1, 0.15) is 38.5 Å². The molecule has 3 aromatic rings. The lowest BCUT2D eigenvalue weighted by Gasteiger charge is -2.13. The van der Waals surface area contributed by atoms with E-state index >= 15 is 0 Å². The minimum atomic E-state index is -0.102. The predicted octanol–water partition coefficient (Wildman–Crippen LogP) is 4.05. The van der Waals surface area contributed by atoms with Gasteiger partial charge in [-0.1, -0.05) is 18.2 Å². The molecule has 1 fully saturated rings. The van der Waals surface area contributed by atoms with Gasteiger partial charge in [0.1, 0.15) is 10.4 Å². The van der Waals surface area contributed by atoms with Gasteiger partial charge in [-0.15, -0.1) is 11.3 Å². The van der Waals surface area contributed by atoms with E-state index < -0.39 is 0 Å². The number of anilines is 1. The molecule has 2 N–H and O–H groups in total. The van der Waals surface area contributed by atoms with E-state index in [0.29, 0.717) is 41.3 Å². The van der Waals surface area contributed by atoms with Gasteiger partial charge in [-0.05, 0) is 61.4 Å². The summed E-state index contributed by atoms with van der Waals surface area (Å²) in [5.41, 5.74) is 1.30. The van der Waals surface area contributed by atoms with E-state index in [-0.39, 0.29) is 29.2 Å². The zero-order valence-electron chi connectivity index (χ0n) is 20.9. The average molecular weight is 545 g/mol. The van der Waals surface area contributed by atoms with E-state index in [4.69, 9.17) is 9.47 Å². The maximum atomic E-state index is 13.1. The summed E-state index contributed by atoms with van der Waals surface area (Å²) in [4.78, 5) is 42.4. The molecule has 0 bridgehead atoms. The van der Waals surface area contributed by atoms with E-state index in [1.54, 1.807) is 35.9 Å². The molecule has 1 aliphatic heterocycles. The average Bonchev–Trinajstić information content (AvgIpc) is 3.60. The number of ether oxygens (including phenoxy) is 2. The van der Waals surface area contributed by atoms with Crippen molar-refractivity contribution in [1.29, 1.82) is 0 Å². The molecule has 37 heavy (non-hydrogen) atoms. The summed E-state index contributed by atoms with van der Waals surface area (Å²) in [6.45, 7) is 1.74. The minimum Gasteiger partial charge on any atom is -0.497 e. The molecule has 2 aromatic heterocycles. The van der Waals surface area contributed by atoms with Gasteiger partial charge in [0.25, 0.3) is 5.56 Å². The van der Waals surface area contributed by atoms with Crippen LogP contribution in [0.4, 0.5) is 5.69 Å². The molecule has 0 spiro atoms. The number of methoxy groups -OCH3 is 1. The van der Waals surface area contributed by atoms with E-state index in [0.717, 1.165) is 43.7 Å². The molecule has 4 rings (SSSR count). The van der Waals surface area contributed by atoms with Gasteiger partial charge in [-0.2, -0.15) is 0 Å². The predicted molar refractivity (Wildman–Crippen MR) is 147 cm³/mol. The number of unbranched alkanes of at least 4 members (excludes halogenated alkanes) is 2. The maximum Gasteiger partial charge on any atom is 0.272 e. The second-order valence-corrected chi connectivity index (χ2v) is 10.7. The first-order valence-electron chi connectivity index (χ1n) is 12.5. The first kappa shape index (κ1) is 27.2. The van der Waals surface area contributed by atoms with Crippen LogP contribution < -0.4 is 20.9 Å². The fourth-order valence-electron chi connectivity index (χ4n) is 4.08. The summed E-state index contributed by atoms with van der Waals surface area (Å²) in [6.07, 6.45) is 4.70. The van der Waals surface area contributed by atoms with Crippen LogP contribution in [0.25, 0.3) is 10.2 Å². The SMILES string of the molecule is COc1ccc(NC(=O)CCCCCn2c(SCC(=O)NCC3CCCO3)nc3ccsc3c2=O)cc1. The Morgan fingerprint density at radius 2 is 2.03 bits per heavy atom. The smallest absolute Gasteiger partial charge is 0.272 e. The molecule has 2 amide bonds. The Balaban J connectivity index is 1.26. The Hall–Kier alpha value is -2.89. The van der Waals surface area contributed by atoms with Crippen LogP contribution in [0.15, 0.2) is 45.7 Å². The number of fused-ring (bicyclic) bond motifs is 1. The topological polar surface area (TPSA) is 112 Å². The highest BCUT2D eigenvalue weighted by Gasteiger charge is 2.18. The van der Waals surface area contributed by atoms with Crippen LogP contribution in [0.2, 0.25) is 0 Å². The third kappa shape index (κ3) is 7.80. The third-order valence-electron chi connectivity index (χ3n) is 6.07. The summed E-state index contributed by atoms with van der Waals surface area (Å²) in [5, 5.41) is 8.19. The van der Waals surface area contributed by atoms with Gasteiger partial charge in [0.2, 0.25) is 11.8 Å².